The number of aromatic hydroxyl groups is 1. The molecule has 1 N–H and O–H groups in total. The molecule has 0 bridgehead atoms. The van der Waals surface area contributed by atoms with Gasteiger partial charge in [0.05, 0.1) is 18.8 Å². The Bertz CT molecular complexity index is 791. The molecule has 0 saturated heterocycles. The number of phenols is 1. The number of benzene rings is 2. The van der Waals surface area contributed by atoms with Crippen molar-refractivity contribution in [2.75, 3.05) is 13.2 Å². The van der Waals surface area contributed by atoms with Crippen molar-refractivity contribution in [3.05, 3.63) is 58.7 Å². The lowest BCUT2D eigenvalue weighted by atomic mass is 10.0. The van der Waals surface area contributed by atoms with Crippen LogP contribution in [0.1, 0.15) is 40.9 Å². The van der Waals surface area contributed by atoms with Crippen LogP contribution in [0.2, 0.25) is 0 Å². The highest BCUT2D eigenvalue weighted by atomic mass is 16.5. The number of carbonyl (C=O) groups is 1. The maximum absolute atomic E-state index is 12.4. The summed E-state index contributed by atoms with van der Waals surface area (Å²) >= 11 is 0. The van der Waals surface area contributed by atoms with E-state index in [1.54, 1.807) is 18.2 Å². The number of ether oxygens (including phenoxy) is 2. The molecule has 2 aromatic rings. The molecule has 0 amide bonds. The van der Waals surface area contributed by atoms with Gasteiger partial charge in [-0.2, -0.15) is 0 Å². The molecule has 0 saturated carbocycles. The average molecular weight is 340 g/mol. The molecule has 0 spiro atoms. The second-order valence-electron chi connectivity index (χ2n) is 5.72. The third kappa shape index (κ3) is 4.63. The Morgan fingerprint density at radius 1 is 1.00 bits per heavy atom. The normalized spacial score (nSPS) is 10.9. The summed E-state index contributed by atoms with van der Waals surface area (Å²) in [6.45, 7) is 8.72. The van der Waals surface area contributed by atoms with Gasteiger partial charge in [0.25, 0.3) is 0 Å². The summed E-state index contributed by atoms with van der Waals surface area (Å²) in [6.07, 6.45) is 3.16. The summed E-state index contributed by atoms with van der Waals surface area (Å²) in [7, 11) is 0. The van der Waals surface area contributed by atoms with Gasteiger partial charge in [-0.3, -0.25) is 4.79 Å². The monoisotopic (exact) mass is 340 g/mol. The van der Waals surface area contributed by atoms with E-state index in [1.807, 2.05) is 45.9 Å². The van der Waals surface area contributed by atoms with Gasteiger partial charge in [-0.1, -0.05) is 12.1 Å². The van der Waals surface area contributed by atoms with Gasteiger partial charge in [-0.05, 0) is 74.7 Å². The maximum Gasteiger partial charge on any atom is 0.189 e. The molecule has 0 aromatic heterocycles. The Morgan fingerprint density at radius 3 is 2.32 bits per heavy atom. The fraction of sp³-hybridized carbons (Fsp3) is 0.286. The number of aryl methyl sites for hydroxylation is 2. The van der Waals surface area contributed by atoms with Crippen LogP contribution in [0.5, 0.6) is 17.2 Å². The summed E-state index contributed by atoms with van der Waals surface area (Å²) in [5, 5.41) is 10.0. The zero-order valence-corrected chi connectivity index (χ0v) is 15.1. The zero-order valence-electron chi connectivity index (χ0n) is 15.1. The van der Waals surface area contributed by atoms with Gasteiger partial charge in [0.2, 0.25) is 0 Å². The second kappa shape index (κ2) is 8.38. The van der Waals surface area contributed by atoms with Crippen LogP contribution < -0.4 is 9.47 Å². The average Bonchev–Trinajstić information content (AvgIpc) is 2.58. The van der Waals surface area contributed by atoms with Crippen LogP contribution in [0.15, 0.2) is 36.4 Å². The standard InChI is InChI=1S/C21H24O4/c1-5-24-20-10-8-16(13-21(20)25-6-2)7-9-18(22)17-11-14(3)15(4)12-19(17)23/h7-13,23H,5-6H2,1-4H3/b9-7+. The van der Waals surface area contributed by atoms with Crippen molar-refractivity contribution in [2.45, 2.75) is 27.7 Å². The van der Waals surface area contributed by atoms with Crippen LogP contribution in [-0.4, -0.2) is 24.1 Å². The highest BCUT2D eigenvalue weighted by Crippen LogP contribution is 2.29. The lowest BCUT2D eigenvalue weighted by Crippen LogP contribution is -1.99. The predicted molar refractivity (Wildman–Crippen MR) is 99.7 cm³/mol. The van der Waals surface area contributed by atoms with Crippen molar-refractivity contribution >= 4 is 11.9 Å². The molecular weight excluding hydrogens is 316 g/mol. The van der Waals surface area contributed by atoms with Gasteiger partial charge in [0, 0.05) is 0 Å². The summed E-state index contributed by atoms with van der Waals surface area (Å²) in [6, 6.07) is 8.84. The van der Waals surface area contributed by atoms with Gasteiger partial charge in [-0.25, -0.2) is 0 Å². The van der Waals surface area contributed by atoms with E-state index in [0.717, 1.165) is 16.7 Å². The number of carbonyl (C=O) groups excluding carboxylic acids is 1. The van der Waals surface area contributed by atoms with E-state index in [0.29, 0.717) is 30.3 Å². The largest absolute Gasteiger partial charge is 0.507 e. The van der Waals surface area contributed by atoms with Crippen LogP contribution in [0.3, 0.4) is 0 Å². The van der Waals surface area contributed by atoms with Crippen molar-refractivity contribution in [1.82, 2.24) is 0 Å². The number of hydrogen-bond acceptors (Lipinski definition) is 4. The lowest BCUT2D eigenvalue weighted by molar-refractivity contribution is 0.104. The van der Waals surface area contributed by atoms with E-state index in [4.69, 9.17) is 9.47 Å². The Kier molecular flexibility index (Phi) is 6.23. The maximum atomic E-state index is 12.4. The quantitative estimate of drug-likeness (QED) is 0.586. The summed E-state index contributed by atoms with van der Waals surface area (Å²) in [5.41, 5.74) is 3.04. The zero-order chi connectivity index (χ0) is 18.4. The first kappa shape index (κ1) is 18.6. The van der Waals surface area contributed by atoms with Gasteiger partial charge in [-0.15, -0.1) is 0 Å². The molecule has 132 valence electrons. The van der Waals surface area contributed by atoms with E-state index in [1.165, 1.54) is 6.08 Å². The summed E-state index contributed by atoms with van der Waals surface area (Å²) < 4.78 is 11.1. The molecule has 0 fully saturated rings. The summed E-state index contributed by atoms with van der Waals surface area (Å²) in [5.74, 6) is 1.08. The SMILES string of the molecule is CCOc1ccc(/C=C/C(=O)c2cc(C)c(C)cc2O)cc1OCC. The van der Waals surface area contributed by atoms with Gasteiger partial charge in [0.1, 0.15) is 5.75 Å². The van der Waals surface area contributed by atoms with Crippen LogP contribution in [-0.2, 0) is 0 Å². The lowest BCUT2D eigenvalue weighted by Gasteiger charge is -2.11. The molecule has 0 atom stereocenters. The first-order valence-electron chi connectivity index (χ1n) is 8.38. The first-order chi connectivity index (χ1) is 12.0. The number of phenolic OH excluding ortho intramolecular Hbond substituents is 1. The highest BCUT2D eigenvalue weighted by Gasteiger charge is 2.10. The van der Waals surface area contributed by atoms with E-state index in [2.05, 4.69) is 0 Å². The van der Waals surface area contributed by atoms with E-state index in [9.17, 15) is 9.90 Å². The predicted octanol–water partition coefficient (Wildman–Crippen LogP) is 4.70. The first-order valence-corrected chi connectivity index (χ1v) is 8.38. The molecule has 0 aliphatic carbocycles. The minimum Gasteiger partial charge on any atom is -0.507 e. The van der Waals surface area contributed by atoms with Crippen molar-refractivity contribution in [1.29, 1.82) is 0 Å². The molecule has 25 heavy (non-hydrogen) atoms. The minimum atomic E-state index is -0.243. The van der Waals surface area contributed by atoms with Crippen LogP contribution >= 0.6 is 0 Å². The van der Waals surface area contributed by atoms with Crippen molar-refractivity contribution in [3.8, 4) is 17.2 Å². The molecular formula is C21H24O4. The van der Waals surface area contributed by atoms with Gasteiger partial charge >= 0.3 is 0 Å². The Morgan fingerprint density at radius 2 is 1.64 bits per heavy atom. The third-order valence-electron chi connectivity index (χ3n) is 3.87. The van der Waals surface area contributed by atoms with Crippen LogP contribution in [0.4, 0.5) is 0 Å². The molecule has 4 nitrogen and oxygen atoms in total. The van der Waals surface area contributed by atoms with Crippen LogP contribution in [0, 0.1) is 13.8 Å². The van der Waals surface area contributed by atoms with E-state index < -0.39 is 0 Å². The smallest absolute Gasteiger partial charge is 0.189 e. The van der Waals surface area contributed by atoms with Gasteiger partial charge < -0.3 is 14.6 Å². The molecule has 2 rings (SSSR count). The fourth-order valence-corrected chi connectivity index (χ4v) is 2.43. The van der Waals surface area contributed by atoms with Gasteiger partial charge in [0.15, 0.2) is 17.3 Å². The molecule has 0 radical (unpaired) electrons. The molecule has 0 heterocycles. The molecule has 0 aliphatic rings. The minimum absolute atomic E-state index is 0.000510. The third-order valence-corrected chi connectivity index (χ3v) is 3.87. The Hall–Kier alpha value is -2.75. The summed E-state index contributed by atoms with van der Waals surface area (Å²) in [4.78, 5) is 12.4. The second-order valence-corrected chi connectivity index (χ2v) is 5.72. The van der Waals surface area contributed by atoms with E-state index in [-0.39, 0.29) is 11.5 Å². The molecule has 0 unspecified atom stereocenters. The highest BCUT2D eigenvalue weighted by molar-refractivity contribution is 6.08. The van der Waals surface area contributed by atoms with Crippen molar-refractivity contribution < 1.29 is 19.4 Å². The molecule has 4 heteroatoms. The van der Waals surface area contributed by atoms with E-state index >= 15 is 0 Å². The number of hydrogen-bond donors (Lipinski definition) is 1. The molecule has 2 aromatic carbocycles. The fourth-order valence-electron chi connectivity index (χ4n) is 2.43. The van der Waals surface area contributed by atoms with Crippen molar-refractivity contribution in [2.24, 2.45) is 0 Å². The topological polar surface area (TPSA) is 55.8 Å². The number of ketones is 1. The van der Waals surface area contributed by atoms with Crippen LogP contribution in [0.25, 0.3) is 6.08 Å². The van der Waals surface area contributed by atoms with Crippen molar-refractivity contribution in [3.63, 3.8) is 0 Å². The Balaban J connectivity index is 2.25. The number of allylic oxidation sites excluding steroid dienone is 1. The Labute approximate surface area is 148 Å². The number of rotatable bonds is 7. The molecule has 0 aliphatic heterocycles.